The zero-order valence-electron chi connectivity index (χ0n) is 18.6. The number of fused-ring (bicyclic) bond motifs is 1. The Hall–Kier alpha value is -3.60. The van der Waals surface area contributed by atoms with Gasteiger partial charge in [-0.1, -0.05) is 11.6 Å². The number of nitrogens with zero attached hydrogens (tertiary/aromatic N) is 5. The number of carbonyl (C=O) groups excluding carboxylic acids is 1. The van der Waals surface area contributed by atoms with Gasteiger partial charge < -0.3 is 9.13 Å². The molecule has 1 aromatic carbocycles. The zero-order chi connectivity index (χ0) is 25.1. The van der Waals surface area contributed by atoms with Gasteiger partial charge in [0.2, 0.25) is 0 Å². The van der Waals surface area contributed by atoms with Crippen LogP contribution in [0.2, 0.25) is 5.02 Å². The molecule has 0 N–H and O–H groups in total. The van der Waals surface area contributed by atoms with Crippen LogP contribution in [0.25, 0.3) is 16.9 Å². The van der Waals surface area contributed by atoms with Gasteiger partial charge in [0, 0.05) is 36.7 Å². The molecule has 4 rings (SSSR count). The Morgan fingerprint density at radius 2 is 1.76 bits per heavy atom. The first-order chi connectivity index (χ1) is 15.8. The van der Waals surface area contributed by atoms with Crippen molar-refractivity contribution >= 4 is 28.5 Å². The molecule has 4 aromatic rings. The second-order valence-electron chi connectivity index (χ2n) is 7.96. The Bertz CT molecular complexity index is 1590. The van der Waals surface area contributed by atoms with Crippen LogP contribution in [0, 0.1) is 13.8 Å². The average Bonchev–Trinajstić information content (AvgIpc) is 3.31. The minimum absolute atomic E-state index is 0.0966. The van der Waals surface area contributed by atoms with E-state index in [-0.39, 0.29) is 34.7 Å². The smallest absolute Gasteiger partial charge is 0.318 e. The van der Waals surface area contributed by atoms with Crippen molar-refractivity contribution in [2.75, 3.05) is 0 Å². The second-order valence-corrected chi connectivity index (χ2v) is 8.36. The molecule has 0 aliphatic rings. The molecule has 178 valence electrons. The third-order valence-electron chi connectivity index (χ3n) is 5.78. The summed E-state index contributed by atoms with van der Waals surface area (Å²) >= 11 is 5.73. The summed E-state index contributed by atoms with van der Waals surface area (Å²) in [6, 6.07) is 5.12. The Balaban J connectivity index is 1.76. The van der Waals surface area contributed by atoms with E-state index in [4.69, 9.17) is 11.6 Å². The van der Waals surface area contributed by atoms with Crippen LogP contribution in [0.3, 0.4) is 0 Å². The number of benzene rings is 1. The van der Waals surface area contributed by atoms with Gasteiger partial charge in [-0.25, -0.2) is 9.78 Å². The summed E-state index contributed by atoms with van der Waals surface area (Å²) in [5, 5.41) is -0.419. The highest BCUT2D eigenvalue weighted by Gasteiger charge is 2.33. The summed E-state index contributed by atoms with van der Waals surface area (Å²) in [5.74, 6) is -0.375. The maximum Gasteiger partial charge on any atom is 0.417 e. The van der Waals surface area contributed by atoms with Gasteiger partial charge >= 0.3 is 11.9 Å². The lowest BCUT2D eigenvalue weighted by Crippen LogP contribution is -2.37. The van der Waals surface area contributed by atoms with Crippen LogP contribution in [0.1, 0.15) is 27.3 Å². The highest BCUT2D eigenvalue weighted by molar-refractivity contribution is 6.31. The van der Waals surface area contributed by atoms with Crippen molar-refractivity contribution in [2.45, 2.75) is 26.6 Å². The van der Waals surface area contributed by atoms with Crippen LogP contribution in [0.4, 0.5) is 13.2 Å². The lowest BCUT2D eigenvalue weighted by Gasteiger charge is -2.14. The summed E-state index contributed by atoms with van der Waals surface area (Å²) in [6.45, 7) is 3.04. The fraction of sp³-hybridized carbons (Fsp3) is 0.273. The standard InChI is InChI=1S/C22H19ClF3N5O3/c1-11-7-14(12(2)31(11)13-5-6-16(23)15(8-13)22(24,25)26)17(32)9-30-10-27-19-18(30)20(33)29(4)21(34)28(19)3/h5-8,10H,9H2,1-4H3. The van der Waals surface area contributed by atoms with Crippen LogP contribution >= 0.6 is 11.6 Å². The molecule has 0 saturated carbocycles. The number of carbonyl (C=O) groups is 1. The summed E-state index contributed by atoms with van der Waals surface area (Å²) in [5.41, 5.74) is -0.390. The van der Waals surface area contributed by atoms with Crippen molar-refractivity contribution in [1.82, 2.24) is 23.3 Å². The van der Waals surface area contributed by atoms with Crippen molar-refractivity contribution in [3.05, 3.63) is 79.0 Å². The van der Waals surface area contributed by atoms with E-state index in [1.165, 1.54) is 40.2 Å². The van der Waals surface area contributed by atoms with Gasteiger partial charge in [-0.2, -0.15) is 13.2 Å². The fourth-order valence-electron chi connectivity index (χ4n) is 4.07. The van der Waals surface area contributed by atoms with E-state index in [2.05, 4.69) is 4.98 Å². The number of rotatable bonds is 4. The molecule has 0 atom stereocenters. The number of Topliss-reactive ketones (excluding diaryl/α,β-unsaturated/α-hetero) is 1. The molecule has 0 amide bonds. The first kappa shape index (κ1) is 23.6. The first-order valence-corrected chi connectivity index (χ1v) is 10.4. The molecule has 0 aliphatic carbocycles. The van der Waals surface area contributed by atoms with Gasteiger partial charge in [-0.05, 0) is 38.1 Å². The first-order valence-electron chi connectivity index (χ1n) is 10.0. The van der Waals surface area contributed by atoms with Crippen LogP contribution in [0.15, 0.2) is 40.2 Å². The molecule has 34 heavy (non-hydrogen) atoms. The molecule has 8 nitrogen and oxygen atoms in total. The van der Waals surface area contributed by atoms with Crippen molar-refractivity contribution < 1.29 is 18.0 Å². The van der Waals surface area contributed by atoms with E-state index in [1.54, 1.807) is 19.9 Å². The zero-order valence-corrected chi connectivity index (χ0v) is 19.3. The Labute approximate surface area is 195 Å². The molecule has 0 fully saturated rings. The Kier molecular flexibility index (Phi) is 5.55. The fourth-order valence-corrected chi connectivity index (χ4v) is 4.29. The highest BCUT2D eigenvalue weighted by Crippen LogP contribution is 2.36. The van der Waals surface area contributed by atoms with Gasteiger partial charge in [0.05, 0.1) is 23.5 Å². The Morgan fingerprint density at radius 3 is 2.41 bits per heavy atom. The quantitative estimate of drug-likeness (QED) is 0.408. The molecule has 3 heterocycles. The third kappa shape index (κ3) is 3.65. The van der Waals surface area contributed by atoms with E-state index in [9.17, 15) is 27.6 Å². The Morgan fingerprint density at radius 1 is 1.09 bits per heavy atom. The van der Waals surface area contributed by atoms with Crippen molar-refractivity contribution in [2.24, 2.45) is 14.1 Å². The summed E-state index contributed by atoms with van der Waals surface area (Å²) in [7, 11) is 2.80. The average molecular weight is 494 g/mol. The van der Waals surface area contributed by atoms with Crippen molar-refractivity contribution in [3.8, 4) is 5.69 Å². The highest BCUT2D eigenvalue weighted by atomic mass is 35.5. The number of alkyl halides is 3. The van der Waals surface area contributed by atoms with Crippen molar-refractivity contribution in [3.63, 3.8) is 0 Å². The normalized spacial score (nSPS) is 12.0. The van der Waals surface area contributed by atoms with Crippen LogP contribution < -0.4 is 11.2 Å². The molecule has 0 radical (unpaired) electrons. The van der Waals surface area contributed by atoms with Gasteiger partial charge in [0.15, 0.2) is 16.9 Å². The summed E-state index contributed by atoms with van der Waals surface area (Å²) in [6.07, 6.45) is -3.33. The predicted octanol–water partition coefficient (Wildman–Crippen LogP) is 3.40. The lowest BCUT2D eigenvalue weighted by molar-refractivity contribution is -0.137. The molecule has 0 aliphatic heterocycles. The summed E-state index contributed by atoms with van der Waals surface area (Å²) in [4.78, 5) is 42.0. The molecule has 12 heteroatoms. The summed E-state index contributed by atoms with van der Waals surface area (Å²) < 4.78 is 45.0. The third-order valence-corrected chi connectivity index (χ3v) is 6.11. The minimum atomic E-state index is -4.63. The van der Waals surface area contributed by atoms with E-state index in [0.29, 0.717) is 11.4 Å². The molecular weight excluding hydrogens is 475 g/mol. The van der Waals surface area contributed by atoms with E-state index >= 15 is 0 Å². The topological polar surface area (TPSA) is 83.8 Å². The molecule has 3 aromatic heterocycles. The number of hydrogen-bond donors (Lipinski definition) is 0. The number of hydrogen-bond acceptors (Lipinski definition) is 4. The van der Waals surface area contributed by atoms with Gasteiger partial charge in [-0.15, -0.1) is 0 Å². The van der Waals surface area contributed by atoms with Crippen molar-refractivity contribution in [1.29, 1.82) is 0 Å². The molecule has 0 saturated heterocycles. The van der Waals surface area contributed by atoms with Crippen LogP contribution in [-0.2, 0) is 26.8 Å². The maximum absolute atomic E-state index is 13.3. The van der Waals surface area contributed by atoms with E-state index in [0.717, 1.165) is 16.7 Å². The predicted molar refractivity (Wildman–Crippen MR) is 120 cm³/mol. The molecule has 0 spiro atoms. The van der Waals surface area contributed by atoms with Gasteiger partial charge in [0.1, 0.15) is 0 Å². The maximum atomic E-state index is 13.3. The number of aromatic nitrogens is 5. The van der Waals surface area contributed by atoms with E-state index < -0.39 is 28.0 Å². The lowest BCUT2D eigenvalue weighted by atomic mass is 10.1. The number of imidazole rings is 1. The minimum Gasteiger partial charge on any atom is -0.318 e. The monoisotopic (exact) mass is 493 g/mol. The number of halogens is 4. The van der Waals surface area contributed by atoms with Gasteiger partial charge in [0.25, 0.3) is 5.56 Å². The second kappa shape index (κ2) is 8.01. The molecular formula is C22H19ClF3N5O3. The van der Waals surface area contributed by atoms with E-state index in [1.807, 2.05) is 0 Å². The number of aryl methyl sites for hydroxylation is 2. The largest absolute Gasteiger partial charge is 0.417 e. The van der Waals surface area contributed by atoms with Gasteiger partial charge in [-0.3, -0.25) is 18.7 Å². The van der Waals surface area contributed by atoms with Crippen LogP contribution in [0.5, 0.6) is 0 Å². The number of ketones is 1. The SMILES string of the molecule is Cc1cc(C(=O)Cn2cnc3c2c(=O)n(C)c(=O)n3C)c(C)n1-c1ccc(Cl)c(C(F)(F)F)c1. The molecule has 0 bridgehead atoms. The van der Waals surface area contributed by atoms with Crippen LogP contribution in [-0.4, -0.2) is 29.0 Å². The molecule has 0 unspecified atom stereocenters.